The van der Waals surface area contributed by atoms with E-state index in [1.54, 1.807) is 11.0 Å². The summed E-state index contributed by atoms with van der Waals surface area (Å²) in [6, 6.07) is 9.61. The van der Waals surface area contributed by atoms with Crippen LogP contribution < -0.4 is 9.64 Å². The summed E-state index contributed by atoms with van der Waals surface area (Å²) in [5.74, 6) is 0.834. The number of ether oxygens (including phenoxy) is 2. The maximum absolute atomic E-state index is 14.4. The number of benzene rings is 2. The Kier molecular flexibility index (Phi) is 6.19. The van der Waals surface area contributed by atoms with Crippen molar-refractivity contribution in [3.8, 4) is 5.75 Å². The van der Waals surface area contributed by atoms with Crippen LogP contribution in [0.5, 0.6) is 5.75 Å². The first-order valence-corrected chi connectivity index (χ1v) is 12.2. The van der Waals surface area contributed by atoms with Gasteiger partial charge in [0.1, 0.15) is 5.82 Å². The lowest BCUT2D eigenvalue weighted by Crippen LogP contribution is -2.42. The predicted octanol–water partition coefficient (Wildman–Crippen LogP) is 6.19. The van der Waals surface area contributed by atoms with Crippen molar-refractivity contribution in [2.45, 2.75) is 70.4 Å². The minimum atomic E-state index is -0.361. The van der Waals surface area contributed by atoms with Crippen LogP contribution in [0.15, 0.2) is 30.3 Å². The first-order chi connectivity index (χ1) is 16.5. The topological polar surface area (TPSA) is 56.6 Å². The third kappa shape index (κ3) is 3.81. The second kappa shape index (κ2) is 9.28. The smallest absolute Gasteiger partial charge is 0.414 e. The van der Waals surface area contributed by atoms with E-state index in [1.807, 2.05) is 19.1 Å². The molecular formula is C27H32FN3O3. The molecule has 180 valence electrons. The molecule has 0 N–H and O–H groups in total. The van der Waals surface area contributed by atoms with Gasteiger partial charge in [0.05, 0.1) is 30.9 Å². The average molecular weight is 466 g/mol. The third-order valence-corrected chi connectivity index (χ3v) is 7.44. The molecule has 5 rings (SSSR count). The SMILES string of the molecule is COC(=O)N1c2ccc3c(nc(Cc4cccc(F)c4OC)n3C3CCCCC3)c2CC[C@@H]1C. The highest BCUT2D eigenvalue weighted by atomic mass is 19.1. The molecule has 1 fully saturated rings. The predicted molar refractivity (Wildman–Crippen MR) is 130 cm³/mol. The molecular weight excluding hydrogens is 433 g/mol. The number of anilines is 1. The summed E-state index contributed by atoms with van der Waals surface area (Å²) < 4.78 is 27.3. The molecule has 1 saturated carbocycles. The minimum Gasteiger partial charge on any atom is -0.493 e. The molecule has 2 aliphatic rings. The van der Waals surface area contributed by atoms with E-state index < -0.39 is 0 Å². The number of halogens is 1. The minimum absolute atomic E-state index is 0.0638. The maximum Gasteiger partial charge on any atom is 0.414 e. The van der Waals surface area contributed by atoms with Crippen molar-refractivity contribution in [2.75, 3.05) is 19.1 Å². The van der Waals surface area contributed by atoms with E-state index in [1.165, 1.54) is 39.5 Å². The summed E-state index contributed by atoms with van der Waals surface area (Å²) in [5, 5.41) is 0. The molecule has 0 radical (unpaired) electrons. The Balaban J connectivity index is 1.67. The van der Waals surface area contributed by atoms with Crippen molar-refractivity contribution in [2.24, 2.45) is 0 Å². The van der Waals surface area contributed by atoms with Gasteiger partial charge in [0.15, 0.2) is 11.6 Å². The second-order valence-electron chi connectivity index (χ2n) is 9.46. The van der Waals surface area contributed by atoms with E-state index in [9.17, 15) is 9.18 Å². The van der Waals surface area contributed by atoms with Gasteiger partial charge in [-0.2, -0.15) is 0 Å². The van der Waals surface area contributed by atoms with Gasteiger partial charge < -0.3 is 14.0 Å². The second-order valence-corrected chi connectivity index (χ2v) is 9.46. The largest absolute Gasteiger partial charge is 0.493 e. The number of nitrogens with zero attached hydrogens (tertiary/aromatic N) is 3. The normalized spacial score (nSPS) is 18.7. The van der Waals surface area contributed by atoms with Crippen molar-refractivity contribution in [3.63, 3.8) is 0 Å². The number of hydrogen-bond acceptors (Lipinski definition) is 4. The fourth-order valence-corrected chi connectivity index (χ4v) is 5.79. The van der Waals surface area contributed by atoms with E-state index in [0.717, 1.165) is 59.4 Å². The van der Waals surface area contributed by atoms with Gasteiger partial charge in [-0.05, 0) is 50.8 Å². The zero-order valence-corrected chi connectivity index (χ0v) is 20.1. The molecule has 2 heterocycles. The number of rotatable bonds is 4. The zero-order valence-electron chi connectivity index (χ0n) is 20.1. The highest BCUT2D eigenvalue weighted by Gasteiger charge is 2.32. The number of aryl methyl sites for hydroxylation is 1. The van der Waals surface area contributed by atoms with Crippen molar-refractivity contribution in [1.82, 2.24) is 9.55 Å². The highest BCUT2D eigenvalue weighted by Crippen LogP contribution is 2.40. The third-order valence-electron chi connectivity index (χ3n) is 7.44. The number of amides is 1. The molecule has 1 atom stereocenters. The highest BCUT2D eigenvalue weighted by molar-refractivity contribution is 5.95. The van der Waals surface area contributed by atoms with Gasteiger partial charge in [-0.1, -0.05) is 31.4 Å². The summed E-state index contributed by atoms with van der Waals surface area (Å²) in [5.41, 5.74) is 4.78. The van der Waals surface area contributed by atoms with Gasteiger partial charge in [0.25, 0.3) is 0 Å². The van der Waals surface area contributed by atoms with Crippen molar-refractivity contribution >= 4 is 22.8 Å². The summed E-state index contributed by atoms with van der Waals surface area (Å²) in [4.78, 5) is 19.5. The molecule has 1 aliphatic heterocycles. The van der Waals surface area contributed by atoms with E-state index >= 15 is 0 Å². The van der Waals surface area contributed by atoms with Crippen LogP contribution >= 0.6 is 0 Å². The fourth-order valence-electron chi connectivity index (χ4n) is 5.79. The van der Waals surface area contributed by atoms with E-state index in [-0.39, 0.29) is 23.7 Å². The van der Waals surface area contributed by atoms with Gasteiger partial charge in [-0.25, -0.2) is 14.2 Å². The molecule has 1 aliphatic carbocycles. The van der Waals surface area contributed by atoms with Crippen LogP contribution in [-0.2, 0) is 17.6 Å². The van der Waals surface area contributed by atoms with Crippen LogP contribution in [0.2, 0.25) is 0 Å². The van der Waals surface area contributed by atoms with E-state index in [2.05, 4.69) is 10.6 Å². The Bertz CT molecular complexity index is 1220. The Morgan fingerprint density at radius 2 is 1.91 bits per heavy atom. The number of carbonyl (C=O) groups excluding carboxylic acids is 1. The lowest BCUT2D eigenvalue weighted by molar-refractivity contribution is 0.175. The molecule has 0 unspecified atom stereocenters. The Morgan fingerprint density at radius 1 is 1.12 bits per heavy atom. The molecule has 7 heteroatoms. The molecule has 3 aromatic rings. The zero-order chi connectivity index (χ0) is 23.8. The van der Waals surface area contributed by atoms with E-state index in [4.69, 9.17) is 14.5 Å². The molecule has 1 aromatic heterocycles. The Labute approximate surface area is 199 Å². The van der Waals surface area contributed by atoms with Crippen molar-refractivity contribution in [3.05, 3.63) is 53.1 Å². The first kappa shape index (κ1) is 22.7. The Morgan fingerprint density at radius 3 is 2.65 bits per heavy atom. The van der Waals surface area contributed by atoms with Gasteiger partial charge in [0.2, 0.25) is 0 Å². The monoisotopic (exact) mass is 465 g/mol. The standard InChI is InChI=1S/C27H32FN3O3/c1-17-12-13-20-22(30(17)27(32)34-3)14-15-23-25(20)29-24(31(23)19-9-5-4-6-10-19)16-18-8-7-11-21(28)26(18)33-2/h7-8,11,14-15,17,19H,4-6,9-10,12-13,16H2,1-3H3/t17-/m0/s1. The lowest BCUT2D eigenvalue weighted by atomic mass is 9.94. The maximum atomic E-state index is 14.4. The lowest BCUT2D eigenvalue weighted by Gasteiger charge is -2.34. The molecule has 2 aromatic carbocycles. The van der Waals surface area contributed by atoms with Crippen LogP contribution in [-0.4, -0.2) is 35.9 Å². The van der Waals surface area contributed by atoms with Gasteiger partial charge in [-0.3, -0.25) is 4.90 Å². The summed E-state index contributed by atoms with van der Waals surface area (Å²) >= 11 is 0. The summed E-state index contributed by atoms with van der Waals surface area (Å²) in [6.07, 6.45) is 7.73. The molecule has 6 nitrogen and oxygen atoms in total. The number of hydrogen-bond donors (Lipinski definition) is 0. The van der Waals surface area contributed by atoms with E-state index in [0.29, 0.717) is 12.5 Å². The quantitative estimate of drug-likeness (QED) is 0.461. The van der Waals surface area contributed by atoms with Crippen LogP contribution in [0, 0.1) is 5.82 Å². The molecule has 1 amide bonds. The molecule has 0 spiro atoms. The van der Waals surface area contributed by atoms with Crippen LogP contribution in [0.4, 0.5) is 14.9 Å². The van der Waals surface area contributed by atoms with Crippen molar-refractivity contribution < 1.29 is 18.7 Å². The number of carbonyl (C=O) groups is 1. The number of methoxy groups -OCH3 is 2. The fraction of sp³-hybridized carbons (Fsp3) is 0.481. The van der Waals surface area contributed by atoms with Crippen molar-refractivity contribution in [1.29, 1.82) is 0 Å². The summed E-state index contributed by atoms with van der Waals surface area (Å²) in [6.45, 7) is 2.05. The van der Waals surface area contributed by atoms with Gasteiger partial charge >= 0.3 is 6.09 Å². The van der Waals surface area contributed by atoms with Crippen LogP contribution in [0.1, 0.15) is 68.4 Å². The average Bonchev–Trinajstić information content (AvgIpc) is 3.22. The number of fused-ring (bicyclic) bond motifs is 3. The molecule has 0 bridgehead atoms. The van der Waals surface area contributed by atoms with Gasteiger partial charge in [0, 0.05) is 29.6 Å². The number of para-hydroxylation sites is 1. The molecule has 34 heavy (non-hydrogen) atoms. The van der Waals surface area contributed by atoms with Crippen LogP contribution in [0.3, 0.4) is 0 Å². The summed E-state index contributed by atoms with van der Waals surface area (Å²) in [7, 11) is 2.93. The first-order valence-electron chi connectivity index (χ1n) is 12.2. The number of imidazole rings is 1. The van der Waals surface area contributed by atoms with Crippen LogP contribution in [0.25, 0.3) is 11.0 Å². The Hall–Kier alpha value is -3.09. The molecule has 0 saturated heterocycles. The number of aromatic nitrogens is 2. The van der Waals surface area contributed by atoms with Gasteiger partial charge in [-0.15, -0.1) is 0 Å².